The topological polar surface area (TPSA) is 33.5 Å². The molecule has 3 heterocycles. The standard InChI is InChI=1S/C75H80N4O/c1-48(2)62-27-22-28-63(49(3)4)71(62)51-29-33-67-69(39-51)78(47-77(67)58-38-52(50-23-18-16-19-24-50)37-56(40-58)73(8,9)10)59-41-57(74(11,12)13)42-61(45-59)80-60-31-32-64-65-43-55(75(14,15)53-25-20-17-21-26-53)30-34-66(65)79(68(64)46-60)70-44-54(35-36-76-70)72(5,6)7/h16-46,48-49H,47H2,1-15H3. The molecule has 0 aliphatic carbocycles. The lowest BCUT2D eigenvalue weighted by atomic mass is 9.78. The molecule has 0 radical (unpaired) electrons. The number of hydrogen-bond donors (Lipinski definition) is 0. The van der Waals surface area contributed by atoms with Crippen molar-refractivity contribution in [2.75, 3.05) is 16.5 Å². The normalized spacial score (nSPS) is 13.3. The van der Waals surface area contributed by atoms with Crippen molar-refractivity contribution in [3.05, 3.63) is 227 Å². The molecule has 0 amide bonds. The van der Waals surface area contributed by atoms with E-state index in [0.29, 0.717) is 18.5 Å². The highest BCUT2D eigenvalue weighted by Gasteiger charge is 2.33. The summed E-state index contributed by atoms with van der Waals surface area (Å²) in [6.45, 7) is 35.2. The SMILES string of the molecule is CC(C)c1cccc(C(C)C)c1-c1ccc2c(c1)N(c1cc(Oc3ccc4c5cc(C(C)(C)c6ccccc6)ccc5n(-c5cc(C(C)(C)C)ccn5)c4c3)cc(C(C)(C)C)c1)CN2c1cc(-c2ccccc2)cc(C(C)(C)C)c1. The van der Waals surface area contributed by atoms with E-state index in [1.165, 1.54) is 83.6 Å². The molecular formula is C75H80N4O. The molecule has 0 fully saturated rings. The molecule has 8 aromatic carbocycles. The van der Waals surface area contributed by atoms with Crippen LogP contribution in [0.25, 0.3) is 49.9 Å². The number of rotatable bonds is 11. The summed E-state index contributed by atoms with van der Waals surface area (Å²) < 4.78 is 9.57. The van der Waals surface area contributed by atoms with Gasteiger partial charge in [-0.25, -0.2) is 4.98 Å². The molecule has 0 saturated heterocycles. The molecule has 0 N–H and O–H groups in total. The highest BCUT2D eigenvalue weighted by molar-refractivity contribution is 6.10. The van der Waals surface area contributed by atoms with Crippen molar-refractivity contribution in [1.29, 1.82) is 0 Å². The van der Waals surface area contributed by atoms with Crippen LogP contribution in [0.2, 0.25) is 0 Å². The predicted octanol–water partition coefficient (Wildman–Crippen LogP) is 21.0. The molecule has 0 spiro atoms. The molecule has 0 atom stereocenters. The molecule has 2 aromatic heterocycles. The molecule has 10 aromatic rings. The third-order valence-electron chi connectivity index (χ3n) is 16.8. The minimum atomic E-state index is -0.210. The van der Waals surface area contributed by atoms with Crippen LogP contribution >= 0.6 is 0 Å². The molecule has 0 unspecified atom stereocenters. The number of ether oxygens (including phenoxy) is 1. The first kappa shape index (κ1) is 54.1. The Bertz CT molecular complexity index is 3910. The number of hydrogen-bond acceptors (Lipinski definition) is 4. The van der Waals surface area contributed by atoms with Crippen molar-refractivity contribution in [3.8, 4) is 39.6 Å². The van der Waals surface area contributed by atoms with E-state index in [-0.39, 0.29) is 21.7 Å². The summed E-state index contributed by atoms with van der Waals surface area (Å²) >= 11 is 0. The average molecular weight is 1050 g/mol. The Labute approximate surface area is 476 Å². The summed E-state index contributed by atoms with van der Waals surface area (Å²) in [7, 11) is 0. The third kappa shape index (κ3) is 10.2. The second-order valence-electron chi connectivity index (χ2n) is 26.7. The van der Waals surface area contributed by atoms with Gasteiger partial charge in [0.2, 0.25) is 0 Å². The largest absolute Gasteiger partial charge is 0.457 e. The Morgan fingerprint density at radius 2 is 1.04 bits per heavy atom. The number of fused-ring (bicyclic) bond motifs is 4. The molecule has 0 bridgehead atoms. The van der Waals surface area contributed by atoms with Gasteiger partial charge in [-0.15, -0.1) is 0 Å². The van der Waals surface area contributed by atoms with Crippen LogP contribution in [-0.2, 0) is 21.7 Å². The number of nitrogens with zero attached hydrogens (tertiary/aromatic N) is 4. The lowest BCUT2D eigenvalue weighted by molar-refractivity contribution is 0.479. The fraction of sp³-hybridized carbons (Fsp3) is 0.293. The van der Waals surface area contributed by atoms with Gasteiger partial charge in [-0.3, -0.25) is 4.57 Å². The van der Waals surface area contributed by atoms with E-state index in [1.54, 1.807) is 0 Å². The van der Waals surface area contributed by atoms with E-state index in [9.17, 15) is 0 Å². The third-order valence-corrected chi connectivity index (χ3v) is 16.8. The highest BCUT2D eigenvalue weighted by Crippen LogP contribution is 2.50. The molecule has 11 rings (SSSR count). The maximum atomic E-state index is 7.24. The van der Waals surface area contributed by atoms with Crippen LogP contribution in [0.5, 0.6) is 11.5 Å². The summed E-state index contributed by atoms with van der Waals surface area (Å²) in [5.74, 6) is 3.16. The van der Waals surface area contributed by atoms with Crippen LogP contribution in [0.15, 0.2) is 188 Å². The van der Waals surface area contributed by atoms with Crippen molar-refractivity contribution >= 4 is 44.6 Å². The van der Waals surface area contributed by atoms with Gasteiger partial charge in [-0.1, -0.05) is 201 Å². The predicted molar refractivity (Wildman–Crippen MR) is 341 cm³/mol. The van der Waals surface area contributed by atoms with Crippen LogP contribution in [0, 0.1) is 0 Å². The van der Waals surface area contributed by atoms with E-state index in [1.807, 2.05) is 6.20 Å². The summed E-state index contributed by atoms with van der Waals surface area (Å²) in [5.41, 5.74) is 20.3. The van der Waals surface area contributed by atoms with Gasteiger partial charge in [0.15, 0.2) is 0 Å². The van der Waals surface area contributed by atoms with Gasteiger partial charge in [0.05, 0.1) is 22.4 Å². The van der Waals surface area contributed by atoms with Gasteiger partial charge in [0.25, 0.3) is 0 Å². The first-order valence-electron chi connectivity index (χ1n) is 28.9. The Hall–Kier alpha value is -7.89. The summed E-state index contributed by atoms with van der Waals surface area (Å²) in [4.78, 5) is 10.1. The van der Waals surface area contributed by atoms with Gasteiger partial charge >= 0.3 is 0 Å². The zero-order valence-corrected chi connectivity index (χ0v) is 50.0. The zero-order valence-electron chi connectivity index (χ0n) is 50.0. The van der Waals surface area contributed by atoms with Crippen molar-refractivity contribution in [1.82, 2.24) is 9.55 Å². The molecule has 80 heavy (non-hydrogen) atoms. The Balaban J connectivity index is 1.08. The van der Waals surface area contributed by atoms with E-state index >= 15 is 0 Å². The monoisotopic (exact) mass is 1050 g/mol. The summed E-state index contributed by atoms with van der Waals surface area (Å²) in [6.07, 6.45) is 1.96. The van der Waals surface area contributed by atoms with Gasteiger partial charge in [-0.2, -0.15) is 0 Å². The minimum absolute atomic E-state index is 0.0566. The van der Waals surface area contributed by atoms with E-state index in [0.717, 1.165) is 39.4 Å². The van der Waals surface area contributed by atoms with E-state index < -0.39 is 0 Å². The van der Waals surface area contributed by atoms with E-state index in [2.05, 4.69) is 300 Å². The lowest BCUT2D eigenvalue weighted by Crippen LogP contribution is -2.25. The molecule has 406 valence electrons. The van der Waals surface area contributed by atoms with E-state index in [4.69, 9.17) is 9.72 Å². The Kier molecular flexibility index (Phi) is 13.7. The zero-order chi connectivity index (χ0) is 56.6. The van der Waals surface area contributed by atoms with Crippen LogP contribution in [0.4, 0.5) is 22.7 Å². The molecular weight excluding hydrogens is 973 g/mol. The van der Waals surface area contributed by atoms with Crippen molar-refractivity contribution in [3.63, 3.8) is 0 Å². The quantitative estimate of drug-likeness (QED) is 0.129. The Morgan fingerprint density at radius 1 is 0.412 bits per heavy atom. The molecule has 5 heteroatoms. The number of anilines is 4. The first-order valence-corrected chi connectivity index (χ1v) is 28.9. The minimum Gasteiger partial charge on any atom is -0.457 e. The first-order chi connectivity index (χ1) is 37.9. The van der Waals surface area contributed by atoms with Crippen molar-refractivity contribution < 1.29 is 4.74 Å². The van der Waals surface area contributed by atoms with Gasteiger partial charge in [0.1, 0.15) is 24.0 Å². The molecule has 1 aliphatic rings. The smallest absolute Gasteiger partial charge is 0.137 e. The van der Waals surface area contributed by atoms with Crippen LogP contribution < -0.4 is 14.5 Å². The highest BCUT2D eigenvalue weighted by atomic mass is 16.5. The molecule has 0 saturated carbocycles. The van der Waals surface area contributed by atoms with Crippen LogP contribution in [0.1, 0.15) is 155 Å². The van der Waals surface area contributed by atoms with Crippen molar-refractivity contribution in [2.24, 2.45) is 0 Å². The number of benzene rings is 8. The van der Waals surface area contributed by atoms with Gasteiger partial charge in [0, 0.05) is 45.9 Å². The number of pyridine rings is 1. The van der Waals surface area contributed by atoms with Gasteiger partial charge in [-0.05, 0) is 162 Å². The fourth-order valence-corrected chi connectivity index (χ4v) is 11.8. The average Bonchev–Trinajstić information content (AvgIpc) is 4.11. The van der Waals surface area contributed by atoms with Crippen molar-refractivity contribution in [2.45, 2.75) is 137 Å². The number of aromatic nitrogens is 2. The lowest BCUT2D eigenvalue weighted by Gasteiger charge is -2.27. The second kappa shape index (κ2) is 20.3. The van der Waals surface area contributed by atoms with Gasteiger partial charge < -0.3 is 14.5 Å². The fourth-order valence-electron chi connectivity index (χ4n) is 11.8. The Morgan fingerprint density at radius 3 is 1.69 bits per heavy atom. The summed E-state index contributed by atoms with van der Waals surface area (Å²) in [5, 5.41) is 2.34. The molecule has 5 nitrogen and oxygen atoms in total. The van der Waals surface area contributed by atoms with Crippen LogP contribution in [0.3, 0.4) is 0 Å². The second-order valence-corrected chi connectivity index (χ2v) is 26.7. The maximum Gasteiger partial charge on any atom is 0.137 e. The maximum absolute atomic E-state index is 7.24. The molecule has 1 aliphatic heterocycles. The van der Waals surface area contributed by atoms with Crippen LogP contribution in [-0.4, -0.2) is 16.2 Å². The summed E-state index contributed by atoms with van der Waals surface area (Å²) in [6, 6.07) is 67.8.